The van der Waals surface area contributed by atoms with Gasteiger partial charge in [0.25, 0.3) is 5.91 Å². The smallest absolute Gasteiger partial charge is 0.271 e. The molecule has 0 saturated carbocycles. The minimum Gasteiger partial charge on any atom is -0.344 e. The molecule has 0 radical (unpaired) electrons. The van der Waals surface area contributed by atoms with Crippen molar-refractivity contribution in [2.75, 3.05) is 0 Å². The van der Waals surface area contributed by atoms with Gasteiger partial charge in [0.15, 0.2) is 0 Å². The minimum absolute atomic E-state index is 0.0497. The maximum Gasteiger partial charge on any atom is 0.271 e. The SMILES string of the molecule is Cc1nn(C)c(C(=O)NC2CCCc3ccccc32)c1Cl. The van der Waals surface area contributed by atoms with E-state index in [2.05, 4.69) is 22.5 Å². The van der Waals surface area contributed by atoms with Gasteiger partial charge >= 0.3 is 0 Å². The van der Waals surface area contributed by atoms with Crippen LogP contribution in [0.3, 0.4) is 0 Å². The number of nitrogens with one attached hydrogen (secondary N) is 1. The molecule has 1 aliphatic carbocycles. The van der Waals surface area contributed by atoms with Gasteiger partial charge in [-0.2, -0.15) is 5.10 Å². The molecule has 1 amide bonds. The summed E-state index contributed by atoms with van der Waals surface area (Å²) in [4.78, 5) is 12.5. The van der Waals surface area contributed by atoms with Crippen LogP contribution in [0.5, 0.6) is 0 Å². The summed E-state index contributed by atoms with van der Waals surface area (Å²) in [5.74, 6) is -0.162. The second kappa shape index (κ2) is 5.53. The van der Waals surface area contributed by atoms with Gasteiger partial charge in [0.05, 0.1) is 16.8 Å². The molecule has 0 saturated heterocycles. The van der Waals surface area contributed by atoms with Crippen molar-refractivity contribution in [2.24, 2.45) is 7.05 Å². The van der Waals surface area contributed by atoms with Gasteiger partial charge in [-0.15, -0.1) is 0 Å². The number of amides is 1. The average molecular weight is 304 g/mol. The van der Waals surface area contributed by atoms with Crippen molar-refractivity contribution in [3.05, 3.63) is 51.8 Å². The Bertz CT molecular complexity index is 693. The maximum absolute atomic E-state index is 12.5. The zero-order valence-electron chi connectivity index (χ0n) is 12.2. The van der Waals surface area contributed by atoms with Crippen LogP contribution >= 0.6 is 11.6 Å². The molecule has 0 bridgehead atoms. The Balaban J connectivity index is 1.86. The number of hydrogen-bond acceptors (Lipinski definition) is 2. The molecule has 1 aliphatic rings. The Morgan fingerprint density at radius 1 is 1.43 bits per heavy atom. The molecule has 0 fully saturated rings. The largest absolute Gasteiger partial charge is 0.344 e. The molecule has 1 heterocycles. The number of aryl methyl sites for hydroxylation is 3. The minimum atomic E-state index is -0.162. The molecule has 0 aliphatic heterocycles. The standard InChI is InChI=1S/C16H18ClN3O/c1-10-14(17)15(20(2)19-10)16(21)18-13-9-5-7-11-6-3-4-8-12(11)13/h3-4,6,8,13H,5,7,9H2,1-2H3,(H,18,21). The third-order valence-electron chi connectivity index (χ3n) is 4.04. The lowest BCUT2D eigenvalue weighted by Crippen LogP contribution is -2.32. The fourth-order valence-electron chi connectivity index (χ4n) is 3.01. The van der Waals surface area contributed by atoms with Gasteiger partial charge in [0.1, 0.15) is 5.69 Å². The van der Waals surface area contributed by atoms with E-state index in [0.29, 0.717) is 16.4 Å². The number of benzene rings is 1. The van der Waals surface area contributed by atoms with E-state index < -0.39 is 0 Å². The molecule has 1 N–H and O–H groups in total. The number of halogens is 1. The van der Waals surface area contributed by atoms with Crippen molar-refractivity contribution < 1.29 is 4.79 Å². The second-order valence-electron chi connectivity index (χ2n) is 5.49. The first-order chi connectivity index (χ1) is 10.1. The zero-order chi connectivity index (χ0) is 15.0. The molecule has 1 atom stereocenters. The first-order valence-electron chi connectivity index (χ1n) is 7.15. The number of nitrogens with zero attached hydrogens (tertiary/aromatic N) is 2. The number of carbonyl (C=O) groups excluding carboxylic acids is 1. The summed E-state index contributed by atoms with van der Waals surface area (Å²) in [5, 5.41) is 7.72. The van der Waals surface area contributed by atoms with Crippen LogP contribution in [0.2, 0.25) is 5.02 Å². The van der Waals surface area contributed by atoms with Crippen LogP contribution in [0.25, 0.3) is 0 Å². The Kier molecular flexibility index (Phi) is 3.72. The van der Waals surface area contributed by atoms with Crippen molar-refractivity contribution in [2.45, 2.75) is 32.2 Å². The van der Waals surface area contributed by atoms with Crippen molar-refractivity contribution in [3.8, 4) is 0 Å². The van der Waals surface area contributed by atoms with E-state index in [0.717, 1.165) is 19.3 Å². The Morgan fingerprint density at radius 3 is 2.90 bits per heavy atom. The quantitative estimate of drug-likeness (QED) is 0.926. The third-order valence-corrected chi connectivity index (χ3v) is 4.49. The highest BCUT2D eigenvalue weighted by Gasteiger charge is 2.25. The van der Waals surface area contributed by atoms with Gasteiger partial charge < -0.3 is 5.32 Å². The van der Waals surface area contributed by atoms with Gasteiger partial charge in [0, 0.05) is 7.05 Å². The molecule has 21 heavy (non-hydrogen) atoms. The van der Waals surface area contributed by atoms with Crippen LogP contribution in [0, 0.1) is 6.92 Å². The molecule has 0 spiro atoms. The van der Waals surface area contributed by atoms with E-state index >= 15 is 0 Å². The van der Waals surface area contributed by atoms with E-state index in [4.69, 9.17) is 11.6 Å². The normalized spacial score (nSPS) is 17.4. The second-order valence-corrected chi connectivity index (χ2v) is 5.87. The predicted octanol–water partition coefficient (Wildman–Crippen LogP) is 3.19. The molecule has 2 aromatic rings. The Hall–Kier alpha value is -1.81. The summed E-state index contributed by atoms with van der Waals surface area (Å²) in [6, 6.07) is 8.34. The Labute approximate surface area is 129 Å². The van der Waals surface area contributed by atoms with Crippen LogP contribution in [0.1, 0.15) is 46.2 Å². The zero-order valence-corrected chi connectivity index (χ0v) is 12.9. The number of carbonyl (C=O) groups is 1. The van der Waals surface area contributed by atoms with Crippen LogP contribution in [-0.2, 0) is 13.5 Å². The highest BCUT2D eigenvalue weighted by atomic mass is 35.5. The molecule has 1 unspecified atom stereocenters. The molecule has 1 aromatic carbocycles. The van der Waals surface area contributed by atoms with Crippen LogP contribution in [0.4, 0.5) is 0 Å². The van der Waals surface area contributed by atoms with Crippen molar-refractivity contribution in [1.82, 2.24) is 15.1 Å². The lowest BCUT2D eigenvalue weighted by atomic mass is 9.87. The van der Waals surface area contributed by atoms with Gasteiger partial charge in [-0.05, 0) is 37.3 Å². The summed E-state index contributed by atoms with van der Waals surface area (Å²) >= 11 is 6.18. The molecular weight excluding hydrogens is 286 g/mol. The van der Waals surface area contributed by atoms with E-state index in [1.165, 1.54) is 11.1 Å². The summed E-state index contributed by atoms with van der Waals surface area (Å²) in [6.07, 6.45) is 3.12. The number of rotatable bonds is 2. The van der Waals surface area contributed by atoms with Crippen LogP contribution in [-0.4, -0.2) is 15.7 Å². The summed E-state index contributed by atoms with van der Waals surface area (Å²) in [7, 11) is 1.74. The Morgan fingerprint density at radius 2 is 2.19 bits per heavy atom. The molecule has 4 nitrogen and oxygen atoms in total. The fraction of sp³-hybridized carbons (Fsp3) is 0.375. The lowest BCUT2D eigenvalue weighted by molar-refractivity contribution is 0.0923. The molecule has 1 aromatic heterocycles. The third kappa shape index (κ3) is 2.56. The van der Waals surface area contributed by atoms with E-state index in [9.17, 15) is 4.79 Å². The van der Waals surface area contributed by atoms with E-state index in [1.807, 2.05) is 12.1 Å². The highest BCUT2D eigenvalue weighted by molar-refractivity contribution is 6.34. The highest BCUT2D eigenvalue weighted by Crippen LogP contribution is 2.30. The first-order valence-corrected chi connectivity index (χ1v) is 7.53. The number of hydrogen-bond donors (Lipinski definition) is 1. The number of aromatic nitrogens is 2. The van der Waals surface area contributed by atoms with Gasteiger partial charge in [0.2, 0.25) is 0 Å². The van der Waals surface area contributed by atoms with Crippen LogP contribution in [0.15, 0.2) is 24.3 Å². The van der Waals surface area contributed by atoms with Gasteiger partial charge in [-0.1, -0.05) is 35.9 Å². The predicted molar refractivity (Wildman–Crippen MR) is 82.5 cm³/mol. The lowest BCUT2D eigenvalue weighted by Gasteiger charge is -2.26. The van der Waals surface area contributed by atoms with Crippen molar-refractivity contribution in [3.63, 3.8) is 0 Å². The fourth-order valence-corrected chi connectivity index (χ4v) is 3.26. The topological polar surface area (TPSA) is 46.9 Å². The summed E-state index contributed by atoms with van der Waals surface area (Å²) < 4.78 is 1.54. The maximum atomic E-state index is 12.5. The van der Waals surface area contributed by atoms with E-state index in [-0.39, 0.29) is 11.9 Å². The summed E-state index contributed by atoms with van der Waals surface area (Å²) in [6.45, 7) is 1.80. The van der Waals surface area contributed by atoms with Crippen LogP contribution < -0.4 is 5.32 Å². The average Bonchev–Trinajstić information content (AvgIpc) is 2.72. The van der Waals surface area contributed by atoms with Crippen molar-refractivity contribution in [1.29, 1.82) is 0 Å². The van der Waals surface area contributed by atoms with Gasteiger partial charge in [-0.3, -0.25) is 9.48 Å². The van der Waals surface area contributed by atoms with E-state index in [1.54, 1.807) is 18.7 Å². The first kappa shape index (κ1) is 14.1. The molecule has 3 rings (SSSR count). The van der Waals surface area contributed by atoms with Crippen molar-refractivity contribution >= 4 is 17.5 Å². The molecular formula is C16H18ClN3O. The monoisotopic (exact) mass is 303 g/mol. The van der Waals surface area contributed by atoms with Gasteiger partial charge in [-0.25, -0.2) is 0 Å². The number of fused-ring (bicyclic) bond motifs is 1. The molecule has 5 heteroatoms. The molecule has 110 valence electrons. The summed E-state index contributed by atoms with van der Waals surface area (Å²) in [5.41, 5.74) is 3.64.